The summed E-state index contributed by atoms with van der Waals surface area (Å²) in [6, 6.07) is 8.22. The maximum Gasteiger partial charge on any atom is 0.410 e. The summed E-state index contributed by atoms with van der Waals surface area (Å²) < 4.78 is 5.47. The van der Waals surface area contributed by atoms with E-state index in [1.54, 1.807) is 11.1 Å². The van der Waals surface area contributed by atoms with Gasteiger partial charge in [-0.25, -0.2) is 14.8 Å². The number of β-amino-alcohol motifs (C(OH)–C–C–N with tert-alkyl or cyclic N) is 1. The molecular weight excluding hydrogens is 492 g/mol. The van der Waals surface area contributed by atoms with Crippen molar-refractivity contribution in [2.24, 2.45) is 0 Å². The van der Waals surface area contributed by atoms with Crippen LogP contribution in [0.3, 0.4) is 0 Å². The molecule has 3 N–H and O–H groups in total. The van der Waals surface area contributed by atoms with E-state index in [2.05, 4.69) is 20.2 Å². The lowest BCUT2D eigenvalue weighted by atomic mass is 9.91. The maximum atomic E-state index is 12.4. The second-order valence-corrected chi connectivity index (χ2v) is 11.6. The summed E-state index contributed by atoms with van der Waals surface area (Å²) in [5.41, 5.74) is 1.33. The number of para-hydroxylation sites is 1. The number of hydrogen-bond acceptors (Lipinski definition) is 7. The zero-order valence-electron chi connectivity index (χ0n) is 21.6. The second kappa shape index (κ2) is 10.1. The molecular formula is C27H35ClN6O3. The zero-order valence-corrected chi connectivity index (χ0v) is 22.4. The van der Waals surface area contributed by atoms with Gasteiger partial charge in [-0.05, 0) is 46.1 Å². The number of anilines is 1. The number of nitrogens with one attached hydrogen (secondary N) is 2. The molecule has 1 aromatic carbocycles. The van der Waals surface area contributed by atoms with Gasteiger partial charge in [0.05, 0.1) is 22.5 Å². The van der Waals surface area contributed by atoms with Gasteiger partial charge in [-0.1, -0.05) is 29.8 Å². The van der Waals surface area contributed by atoms with Crippen LogP contribution in [0.1, 0.15) is 40.0 Å². The quantitative estimate of drug-likeness (QED) is 0.448. The van der Waals surface area contributed by atoms with Crippen LogP contribution in [0, 0.1) is 0 Å². The first-order valence-corrected chi connectivity index (χ1v) is 13.2. The Labute approximate surface area is 222 Å². The molecule has 3 aromatic rings. The number of aromatic amines is 1. The van der Waals surface area contributed by atoms with Crippen molar-refractivity contribution >= 4 is 34.5 Å². The molecule has 1 amide bonds. The van der Waals surface area contributed by atoms with E-state index in [4.69, 9.17) is 21.3 Å². The minimum Gasteiger partial charge on any atom is -0.444 e. The summed E-state index contributed by atoms with van der Waals surface area (Å²) in [7, 11) is 0. The summed E-state index contributed by atoms with van der Waals surface area (Å²) >= 11 is 6.48. The van der Waals surface area contributed by atoms with Crippen molar-refractivity contribution in [3.63, 3.8) is 0 Å². The molecule has 0 spiro atoms. The van der Waals surface area contributed by atoms with Crippen molar-refractivity contribution in [1.29, 1.82) is 0 Å². The average molecular weight is 527 g/mol. The number of rotatable bonds is 5. The lowest BCUT2D eigenvalue weighted by Crippen LogP contribution is -2.52. The first-order chi connectivity index (χ1) is 17.6. The smallest absolute Gasteiger partial charge is 0.410 e. The van der Waals surface area contributed by atoms with Gasteiger partial charge < -0.3 is 25.0 Å². The zero-order chi connectivity index (χ0) is 26.2. The van der Waals surface area contributed by atoms with E-state index in [0.29, 0.717) is 49.1 Å². The minimum atomic E-state index is -0.813. The number of aromatic nitrogens is 3. The number of nitrogens with zero attached hydrogens (tertiary/aromatic N) is 4. The number of amides is 1. The van der Waals surface area contributed by atoms with E-state index < -0.39 is 11.2 Å². The van der Waals surface area contributed by atoms with Gasteiger partial charge in [0.15, 0.2) is 0 Å². The van der Waals surface area contributed by atoms with Gasteiger partial charge in [-0.2, -0.15) is 0 Å². The van der Waals surface area contributed by atoms with Crippen molar-refractivity contribution in [2.75, 3.05) is 38.0 Å². The van der Waals surface area contributed by atoms with Gasteiger partial charge in [0.1, 0.15) is 5.60 Å². The normalized spacial score (nSPS) is 20.4. The predicted molar refractivity (Wildman–Crippen MR) is 145 cm³/mol. The Kier molecular flexibility index (Phi) is 7.04. The highest BCUT2D eigenvalue weighted by Crippen LogP contribution is 2.33. The topological polar surface area (TPSA) is 107 Å². The molecule has 5 rings (SSSR count). The van der Waals surface area contributed by atoms with Gasteiger partial charge >= 0.3 is 6.09 Å². The van der Waals surface area contributed by atoms with Crippen LogP contribution >= 0.6 is 11.6 Å². The molecule has 10 heteroatoms. The molecule has 2 aliphatic rings. The first kappa shape index (κ1) is 25.8. The number of aliphatic hydroxyl groups is 1. The predicted octanol–water partition coefficient (Wildman–Crippen LogP) is 4.53. The summed E-state index contributed by atoms with van der Waals surface area (Å²) in [5, 5.41) is 16.2. The van der Waals surface area contributed by atoms with Crippen molar-refractivity contribution in [3.8, 4) is 11.3 Å². The molecule has 37 heavy (non-hydrogen) atoms. The van der Waals surface area contributed by atoms with E-state index in [9.17, 15) is 9.90 Å². The summed E-state index contributed by atoms with van der Waals surface area (Å²) in [6.07, 6.45) is 5.25. The number of likely N-dealkylation sites (tertiary alicyclic amines) is 2. The van der Waals surface area contributed by atoms with Gasteiger partial charge in [-0.3, -0.25) is 4.90 Å². The van der Waals surface area contributed by atoms with E-state index >= 15 is 0 Å². The second-order valence-electron chi connectivity index (χ2n) is 11.2. The molecule has 198 valence electrons. The number of fused-ring (bicyclic) bond motifs is 1. The third kappa shape index (κ3) is 6.00. The Morgan fingerprint density at radius 1 is 1.27 bits per heavy atom. The lowest BCUT2D eigenvalue weighted by Gasteiger charge is -2.40. The van der Waals surface area contributed by atoms with Crippen LogP contribution < -0.4 is 5.32 Å². The maximum absolute atomic E-state index is 12.4. The Morgan fingerprint density at radius 2 is 2.03 bits per heavy atom. The summed E-state index contributed by atoms with van der Waals surface area (Å²) in [4.78, 5) is 28.8. The molecule has 0 unspecified atom stereocenters. The summed E-state index contributed by atoms with van der Waals surface area (Å²) in [5.74, 6) is 0.543. The number of benzene rings is 1. The first-order valence-electron chi connectivity index (χ1n) is 12.9. The Hall–Kier alpha value is -2.88. The van der Waals surface area contributed by atoms with Crippen LogP contribution in [-0.2, 0) is 4.74 Å². The molecule has 2 saturated heterocycles. The van der Waals surface area contributed by atoms with Gasteiger partial charge in [0.2, 0.25) is 5.95 Å². The molecule has 2 fully saturated rings. The number of piperidine rings is 1. The van der Waals surface area contributed by atoms with Crippen LogP contribution in [0.2, 0.25) is 5.02 Å². The fourth-order valence-corrected chi connectivity index (χ4v) is 5.37. The summed E-state index contributed by atoms with van der Waals surface area (Å²) in [6.45, 7) is 8.82. The minimum absolute atomic E-state index is 0.169. The van der Waals surface area contributed by atoms with Gasteiger partial charge in [0, 0.05) is 61.4 Å². The molecule has 1 atom stereocenters. The molecule has 2 aromatic heterocycles. The SMILES string of the molecule is CC(C)(C)OC(=O)N1CCC(O)(CN2CC[C@@H](Nc3ncc(Cl)c(-c4c[nH]c5ccccc45)n3)C2)CC1. The largest absolute Gasteiger partial charge is 0.444 e. The number of H-pyrrole nitrogens is 1. The number of halogens is 1. The van der Waals surface area contributed by atoms with Crippen LogP contribution in [-0.4, -0.2) is 85.9 Å². The van der Waals surface area contributed by atoms with E-state index in [-0.39, 0.29) is 12.1 Å². The number of carbonyl (C=O) groups excluding carboxylic acids is 1. The van der Waals surface area contributed by atoms with E-state index in [1.807, 2.05) is 51.2 Å². The molecule has 0 saturated carbocycles. The molecule has 4 heterocycles. The van der Waals surface area contributed by atoms with Crippen molar-refractivity contribution in [2.45, 2.75) is 57.3 Å². The highest BCUT2D eigenvalue weighted by atomic mass is 35.5. The highest BCUT2D eigenvalue weighted by Gasteiger charge is 2.38. The van der Waals surface area contributed by atoms with Crippen molar-refractivity contribution in [3.05, 3.63) is 41.7 Å². The van der Waals surface area contributed by atoms with Crippen LogP contribution in [0.25, 0.3) is 22.2 Å². The lowest BCUT2D eigenvalue weighted by molar-refractivity contribution is -0.0471. The standard InChI is InChI=1S/C27H35ClN6O3/c1-26(2,3)37-25(35)34-12-9-27(36,10-13-34)17-33-11-8-18(16-33)31-24-30-15-21(28)23(32-24)20-14-29-22-7-5-4-6-19(20)22/h4-7,14-15,18,29,36H,8-13,16-17H2,1-3H3,(H,30,31,32)/t18-/m1/s1. The molecule has 2 aliphatic heterocycles. The van der Waals surface area contributed by atoms with Gasteiger partial charge in [-0.15, -0.1) is 0 Å². The molecule has 0 bridgehead atoms. The number of carbonyl (C=O) groups is 1. The number of hydrogen-bond donors (Lipinski definition) is 3. The van der Waals surface area contributed by atoms with Crippen molar-refractivity contribution < 1.29 is 14.6 Å². The Bertz CT molecular complexity index is 1260. The van der Waals surface area contributed by atoms with E-state index in [1.165, 1.54) is 0 Å². The van der Waals surface area contributed by atoms with Crippen molar-refractivity contribution in [1.82, 2.24) is 24.8 Å². The molecule has 9 nitrogen and oxygen atoms in total. The molecule has 0 radical (unpaired) electrons. The van der Waals surface area contributed by atoms with Gasteiger partial charge in [0.25, 0.3) is 0 Å². The fraction of sp³-hybridized carbons (Fsp3) is 0.519. The Morgan fingerprint density at radius 3 is 2.78 bits per heavy atom. The van der Waals surface area contributed by atoms with Crippen LogP contribution in [0.5, 0.6) is 0 Å². The van der Waals surface area contributed by atoms with Crippen LogP contribution in [0.15, 0.2) is 36.7 Å². The Balaban J connectivity index is 1.17. The third-order valence-electron chi connectivity index (χ3n) is 7.06. The number of ether oxygens (including phenoxy) is 1. The third-order valence-corrected chi connectivity index (χ3v) is 7.33. The highest BCUT2D eigenvalue weighted by molar-refractivity contribution is 6.33. The van der Waals surface area contributed by atoms with Crippen LogP contribution in [0.4, 0.5) is 10.7 Å². The fourth-order valence-electron chi connectivity index (χ4n) is 5.18. The average Bonchev–Trinajstić information content (AvgIpc) is 3.46. The van der Waals surface area contributed by atoms with E-state index in [0.717, 1.165) is 36.0 Å². The monoisotopic (exact) mass is 526 g/mol. The molecule has 0 aliphatic carbocycles.